The number of hydrogen-bond donors (Lipinski definition) is 1. The van der Waals surface area contributed by atoms with E-state index in [9.17, 15) is 9.59 Å². The number of carbonyl (C=O) groups is 1. The van der Waals surface area contributed by atoms with E-state index in [4.69, 9.17) is 0 Å². The molecule has 0 atom stereocenters. The summed E-state index contributed by atoms with van der Waals surface area (Å²) in [6, 6.07) is 7.43. The van der Waals surface area contributed by atoms with Gasteiger partial charge in [-0.1, -0.05) is 19.9 Å². The summed E-state index contributed by atoms with van der Waals surface area (Å²) < 4.78 is 0. The average Bonchev–Trinajstić information content (AvgIpc) is 3.07. The molecule has 1 saturated heterocycles. The quantitative estimate of drug-likeness (QED) is 0.926. The van der Waals surface area contributed by atoms with Crippen LogP contribution < -0.4 is 5.56 Å². The smallest absolute Gasteiger partial charge is 0.254 e. The second-order valence-corrected chi connectivity index (χ2v) is 7.52. The lowest BCUT2D eigenvalue weighted by Crippen LogP contribution is -2.48. The summed E-state index contributed by atoms with van der Waals surface area (Å²) >= 11 is 1.77. The topological polar surface area (TPSA) is 56.4 Å². The van der Waals surface area contributed by atoms with Crippen molar-refractivity contribution in [3.05, 3.63) is 56.1 Å². The van der Waals surface area contributed by atoms with Crippen LogP contribution in [0.1, 0.15) is 40.7 Å². The van der Waals surface area contributed by atoms with E-state index in [1.165, 1.54) is 10.9 Å². The second-order valence-electron chi connectivity index (χ2n) is 6.49. The molecule has 5 nitrogen and oxygen atoms in total. The summed E-state index contributed by atoms with van der Waals surface area (Å²) in [5, 5.41) is 2.09. The van der Waals surface area contributed by atoms with Gasteiger partial charge in [0.2, 0.25) is 5.56 Å². The van der Waals surface area contributed by atoms with E-state index in [1.54, 1.807) is 11.3 Å². The van der Waals surface area contributed by atoms with Gasteiger partial charge in [-0.2, -0.15) is 0 Å². The molecule has 3 heterocycles. The van der Waals surface area contributed by atoms with E-state index < -0.39 is 0 Å². The Morgan fingerprint density at radius 3 is 2.62 bits per heavy atom. The Morgan fingerprint density at radius 1 is 1.25 bits per heavy atom. The molecule has 0 unspecified atom stereocenters. The Labute approximate surface area is 145 Å². The van der Waals surface area contributed by atoms with Gasteiger partial charge in [0.1, 0.15) is 0 Å². The number of nitrogens with zero attached hydrogens (tertiary/aromatic N) is 2. The minimum Gasteiger partial charge on any atom is -0.336 e. The minimum atomic E-state index is -0.208. The molecule has 128 valence electrons. The zero-order valence-electron chi connectivity index (χ0n) is 14.1. The van der Waals surface area contributed by atoms with Crippen LogP contribution in [0.4, 0.5) is 0 Å². The molecule has 1 aliphatic heterocycles. The third-order valence-electron chi connectivity index (χ3n) is 4.35. The molecule has 2 aromatic rings. The fraction of sp³-hybridized carbons (Fsp3) is 0.444. The van der Waals surface area contributed by atoms with Crippen molar-refractivity contribution < 1.29 is 4.79 Å². The van der Waals surface area contributed by atoms with Gasteiger partial charge < -0.3 is 9.88 Å². The van der Waals surface area contributed by atoms with Gasteiger partial charge in [0.05, 0.1) is 0 Å². The standard InChI is InChI=1S/C18H23N3O2S/c1-13(2)16-10-14(11-17(22)19-16)18(23)21-7-5-20(6-8-21)12-15-4-3-9-24-15/h3-4,9-11,13H,5-8,12H2,1-2H3,(H,19,22). The lowest BCUT2D eigenvalue weighted by molar-refractivity contribution is 0.0629. The predicted octanol–water partition coefficient (Wildman–Crippen LogP) is 2.52. The lowest BCUT2D eigenvalue weighted by atomic mass is 10.1. The van der Waals surface area contributed by atoms with Gasteiger partial charge in [0.25, 0.3) is 5.91 Å². The van der Waals surface area contributed by atoms with E-state index in [2.05, 4.69) is 27.4 Å². The molecular weight excluding hydrogens is 322 g/mol. The van der Waals surface area contributed by atoms with Gasteiger partial charge in [0, 0.05) is 54.9 Å². The van der Waals surface area contributed by atoms with Crippen LogP contribution in [-0.4, -0.2) is 46.9 Å². The predicted molar refractivity (Wildman–Crippen MR) is 96.7 cm³/mol. The van der Waals surface area contributed by atoms with E-state index in [0.717, 1.165) is 25.3 Å². The van der Waals surface area contributed by atoms with Crippen LogP contribution >= 0.6 is 11.3 Å². The molecule has 0 aliphatic carbocycles. The first kappa shape index (κ1) is 16.9. The van der Waals surface area contributed by atoms with Crippen LogP contribution in [0.5, 0.6) is 0 Å². The number of nitrogens with one attached hydrogen (secondary N) is 1. The van der Waals surface area contributed by atoms with E-state index in [1.807, 2.05) is 24.8 Å². The highest BCUT2D eigenvalue weighted by Gasteiger charge is 2.23. The Morgan fingerprint density at radius 2 is 2.00 bits per heavy atom. The van der Waals surface area contributed by atoms with Crippen molar-refractivity contribution in [1.29, 1.82) is 0 Å². The maximum Gasteiger partial charge on any atom is 0.254 e. The number of carbonyl (C=O) groups excluding carboxylic acids is 1. The molecule has 0 radical (unpaired) electrons. The second kappa shape index (κ2) is 7.32. The zero-order chi connectivity index (χ0) is 17.1. The molecule has 6 heteroatoms. The SMILES string of the molecule is CC(C)c1cc(C(=O)N2CCN(Cc3cccs3)CC2)cc(=O)[nH]1. The van der Waals surface area contributed by atoms with Gasteiger partial charge in [0.15, 0.2) is 0 Å². The molecule has 0 aromatic carbocycles. The van der Waals surface area contributed by atoms with Crippen molar-refractivity contribution in [3.8, 4) is 0 Å². The van der Waals surface area contributed by atoms with Gasteiger partial charge in [-0.15, -0.1) is 11.3 Å². The summed E-state index contributed by atoms with van der Waals surface area (Å²) in [6.07, 6.45) is 0. The van der Waals surface area contributed by atoms with Crippen LogP contribution in [0, 0.1) is 0 Å². The molecule has 1 aliphatic rings. The first-order valence-electron chi connectivity index (χ1n) is 8.31. The van der Waals surface area contributed by atoms with Crippen LogP contribution in [0.3, 0.4) is 0 Å². The van der Waals surface area contributed by atoms with Crippen molar-refractivity contribution in [2.75, 3.05) is 26.2 Å². The fourth-order valence-electron chi connectivity index (χ4n) is 2.91. The number of amides is 1. The number of thiophene rings is 1. The summed E-state index contributed by atoms with van der Waals surface area (Å²) in [5.74, 6) is 0.145. The first-order chi connectivity index (χ1) is 11.5. The molecule has 0 spiro atoms. The normalized spacial score (nSPS) is 15.9. The third-order valence-corrected chi connectivity index (χ3v) is 5.21. The van der Waals surface area contributed by atoms with Crippen molar-refractivity contribution in [1.82, 2.24) is 14.8 Å². The Hall–Kier alpha value is -1.92. The van der Waals surface area contributed by atoms with Crippen molar-refractivity contribution in [3.63, 3.8) is 0 Å². The summed E-state index contributed by atoms with van der Waals surface area (Å²) in [4.78, 5) is 32.9. The van der Waals surface area contributed by atoms with Gasteiger partial charge in [-0.25, -0.2) is 0 Å². The van der Waals surface area contributed by atoms with E-state index in [-0.39, 0.29) is 17.4 Å². The summed E-state index contributed by atoms with van der Waals surface area (Å²) in [6.45, 7) is 8.09. The number of pyridine rings is 1. The number of aromatic amines is 1. The molecular formula is C18H23N3O2S. The highest BCUT2D eigenvalue weighted by Crippen LogP contribution is 2.16. The highest BCUT2D eigenvalue weighted by atomic mass is 32.1. The van der Waals surface area contributed by atoms with Crippen LogP contribution in [-0.2, 0) is 6.54 Å². The van der Waals surface area contributed by atoms with Crippen LogP contribution in [0.15, 0.2) is 34.4 Å². The molecule has 24 heavy (non-hydrogen) atoms. The largest absolute Gasteiger partial charge is 0.336 e. The summed E-state index contributed by atoms with van der Waals surface area (Å²) in [5.41, 5.74) is 1.09. The monoisotopic (exact) mass is 345 g/mol. The molecule has 1 fully saturated rings. The molecule has 1 amide bonds. The number of H-pyrrole nitrogens is 1. The highest BCUT2D eigenvalue weighted by molar-refractivity contribution is 7.09. The maximum atomic E-state index is 12.7. The lowest BCUT2D eigenvalue weighted by Gasteiger charge is -2.34. The Balaban J connectivity index is 1.64. The van der Waals surface area contributed by atoms with Crippen molar-refractivity contribution in [2.24, 2.45) is 0 Å². The van der Waals surface area contributed by atoms with E-state index >= 15 is 0 Å². The molecule has 0 bridgehead atoms. The number of rotatable bonds is 4. The first-order valence-corrected chi connectivity index (χ1v) is 9.19. The van der Waals surface area contributed by atoms with Crippen LogP contribution in [0.25, 0.3) is 0 Å². The van der Waals surface area contributed by atoms with Crippen molar-refractivity contribution >= 4 is 17.2 Å². The third kappa shape index (κ3) is 3.94. The molecule has 0 saturated carbocycles. The van der Waals surface area contributed by atoms with Gasteiger partial charge >= 0.3 is 0 Å². The van der Waals surface area contributed by atoms with Gasteiger partial charge in [-0.05, 0) is 23.4 Å². The van der Waals surface area contributed by atoms with Crippen LogP contribution in [0.2, 0.25) is 0 Å². The maximum absolute atomic E-state index is 12.7. The molecule has 1 N–H and O–H groups in total. The van der Waals surface area contributed by atoms with Crippen molar-refractivity contribution in [2.45, 2.75) is 26.3 Å². The number of piperazine rings is 1. The Bertz CT molecular complexity index is 744. The summed E-state index contributed by atoms with van der Waals surface area (Å²) in [7, 11) is 0. The number of hydrogen-bond acceptors (Lipinski definition) is 4. The van der Waals surface area contributed by atoms with E-state index in [0.29, 0.717) is 18.7 Å². The Kier molecular flexibility index (Phi) is 5.16. The molecule has 3 rings (SSSR count). The molecule has 2 aromatic heterocycles. The number of aromatic nitrogens is 1. The minimum absolute atomic E-state index is 0.0428. The fourth-order valence-corrected chi connectivity index (χ4v) is 3.66. The zero-order valence-corrected chi connectivity index (χ0v) is 14.9. The average molecular weight is 345 g/mol. The van der Waals surface area contributed by atoms with Gasteiger partial charge in [-0.3, -0.25) is 14.5 Å².